The lowest BCUT2D eigenvalue weighted by molar-refractivity contribution is 0.630. The van der Waals surface area contributed by atoms with Gasteiger partial charge in [-0.2, -0.15) is 0 Å². The molecule has 0 aromatic heterocycles. The van der Waals surface area contributed by atoms with Gasteiger partial charge in [0.25, 0.3) is 0 Å². The average Bonchev–Trinajstić information content (AvgIpc) is 2.11. The molecule has 0 amide bonds. The van der Waals surface area contributed by atoms with Crippen LogP contribution in [0.4, 0.5) is 10.1 Å². The number of hydrogen-bond acceptors (Lipinski definition) is 1. The standard InChI is InChI=1S/C8H7Cl2FN2/c9-4-8(12)13-7-3-5(10)1-2-6(7)11/h1-3H,4H2,(H2,12,13). The van der Waals surface area contributed by atoms with E-state index in [0.29, 0.717) is 5.02 Å². The molecule has 1 rings (SSSR count). The van der Waals surface area contributed by atoms with Crippen LogP contribution in [0.1, 0.15) is 0 Å². The van der Waals surface area contributed by atoms with Crippen molar-refractivity contribution in [2.75, 3.05) is 5.88 Å². The van der Waals surface area contributed by atoms with Crippen molar-refractivity contribution < 1.29 is 4.39 Å². The average molecular weight is 221 g/mol. The van der Waals surface area contributed by atoms with E-state index in [9.17, 15) is 4.39 Å². The molecule has 0 saturated heterocycles. The van der Waals surface area contributed by atoms with Crippen molar-refractivity contribution in [3.63, 3.8) is 0 Å². The first-order chi connectivity index (χ1) is 6.13. The Morgan fingerprint density at radius 2 is 2.23 bits per heavy atom. The zero-order chi connectivity index (χ0) is 9.84. The molecule has 13 heavy (non-hydrogen) atoms. The lowest BCUT2D eigenvalue weighted by Gasteiger charge is -1.98. The van der Waals surface area contributed by atoms with Crippen molar-refractivity contribution in [1.82, 2.24) is 0 Å². The Balaban J connectivity index is 3.07. The summed E-state index contributed by atoms with van der Waals surface area (Å²) in [6, 6.07) is 4.05. The molecule has 5 heteroatoms. The monoisotopic (exact) mass is 220 g/mol. The van der Waals surface area contributed by atoms with Gasteiger partial charge in [-0.3, -0.25) is 0 Å². The highest BCUT2D eigenvalue weighted by Crippen LogP contribution is 2.22. The molecule has 1 aromatic rings. The lowest BCUT2D eigenvalue weighted by atomic mass is 10.3. The molecule has 0 unspecified atom stereocenters. The maximum atomic E-state index is 13.0. The number of hydrogen-bond donors (Lipinski definition) is 1. The van der Waals surface area contributed by atoms with E-state index in [-0.39, 0.29) is 17.4 Å². The van der Waals surface area contributed by atoms with Crippen molar-refractivity contribution in [3.05, 3.63) is 29.0 Å². The van der Waals surface area contributed by atoms with Crippen LogP contribution >= 0.6 is 23.2 Å². The lowest BCUT2D eigenvalue weighted by Crippen LogP contribution is -2.12. The number of amidine groups is 1. The predicted molar refractivity (Wildman–Crippen MR) is 53.4 cm³/mol. The number of halogens is 3. The van der Waals surface area contributed by atoms with Gasteiger partial charge >= 0.3 is 0 Å². The van der Waals surface area contributed by atoms with Gasteiger partial charge in [-0.1, -0.05) is 11.6 Å². The smallest absolute Gasteiger partial charge is 0.148 e. The Kier molecular flexibility index (Phi) is 3.51. The summed E-state index contributed by atoms with van der Waals surface area (Å²) in [5.41, 5.74) is 5.43. The predicted octanol–water partition coefficient (Wildman–Crippen LogP) is 2.71. The van der Waals surface area contributed by atoms with Gasteiger partial charge in [0.2, 0.25) is 0 Å². The summed E-state index contributed by atoms with van der Waals surface area (Å²) in [6.45, 7) is 0. The molecule has 0 fully saturated rings. The minimum absolute atomic E-state index is 0.0615. The van der Waals surface area contributed by atoms with E-state index in [1.165, 1.54) is 18.2 Å². The fourth-order valence-electron chi connectivity index (χ4n) is 0.756. The van der Waals surface area contributed by atoms with Gasteiger partial charge in [-0.25, -0.2) is 9.38 Å². The zero-order valence-electron chi connectivity index (χ0n) is 6.60. The number of benzene rings is 1. The zero-order valence-corrected chi connectivity index (χ0v) is 8.11. The fraction of sp³-hybridized carbons (Fsp3) is 0.125. The third-order valence-electron chi connectivity index (χ3n) is 1.31. The molecule has 0 saturated carbocycles. The second-order valence-corrected chi connectivity index (χ2v) is 3.04. The second kappa shape index (κ2) is 4.44. The van der Waals surface area contributed by atoms with Crippen LogP contribution in [-0.2, 0) is 0 Å². The number of aliphatic imine (C=N–C) groups is 1. The normalized spacial score (nSPS) is 11.8. The van der Waals surface area contributed by atoms with Crippen LogP contribution in [0.2, 0.25) is 5.02 Å². The Hall–Kier alpha value is -0.800. The molecular weight excluding hydrogens is 214 g/mol. The molecular formula is C8H7Cl2FN2. The van der Waals surface area contributed by atoms with Gasteiger partial charge in [0.1, 0.15) is 17.3 Å². The largest absolute Gasteiger partial charge is 0.386 e. The van der Waals surface area contributed by atoms with Gasteiger partial charge in [0.05, 0.1) is 5.88 Å². The van der Waals surface area contributed by atoms with E-state index in [4.69, 9.17) is 28.9 Å². The van der Waals surface area contributed by atoms with Gasteiger partial charge in [0.15, 0.2) is 0 Å². The molecule has 0 heterocycles. The number of nitrogens with two attached hydrogens (primary N) is 1. The summed E-state index contributed by atoms with van der Waals surface area (Å²) in [5, 5.41) is 0.405. The molecule has 70 valence electrons. The van der Waals surface area contributed by atoms with E-state index in [1.54, 1.807) is 0 Å². The van der Waals surface area contributed by atoms with Crippen molar-refractivity contribution in [3.8, 4) is 0 Å². The highest BCUT2D eigenvalue weighted by Gasteiger charge is 2.01. The minimum atomic E-state index is -0.475. The first-order valence-corrected chi connectivity index (χ1v) is 4.39. The summed E-state index contributed by atoms with van der Waals surface area (Å²) in [6.07, 6.45) is 0. The van der Waals surface area contributed by atoms with Crippen LogP contribution in [0.5, 0.6) is 0 Å². The highest BCUT2D eigenvalue weighted by atomic mass is 35.5. The summed E-state index contributed by atoms with van der Waals surface area (Å²) in [7, 11) is 0. The Labute approximate surface area is 85.2 Å². The van der Waals surface area contributed by atoms with Crippen LogP contribution in [0.3, 0.4) is 0 Å². The number of alkyl halides is 1. The molecule has 0 bridgehead atoms. The van der Waals surface area contributed by atoms with Crippen molar-refractivity contribution in [2.24, 2.45) is 10.7 Å². The van der Waals surface area contributed by atoms with Crippen molar-refractivity contribution >= 4 is 34.7 Å². The van der Waals surface area contributed by atoms with E-state index in [0.717, 1.165) is 0 Å². The summed E-state index contributed by atoms with van der Waals surface area (Å²) in [4.78, 5) is 3.74. The maximum absolute atomic E-state index is 13.0. The maximum Gasteiger partial charge on any atom is 0.148 e. The van der Waals surface area contributed by atoms with E-state index < -0.39 is 5.82 Å². The minimum Gasteiger partial charge on any atom is -0.386 e. The third kappa shape index (κ3) is 2.86. The van der Waals surface area contributed by atoms with E-state index in [2.05, 4.69) is 4.99 Å². The molecule has 0 aliphatic heterocycles. The second-order valence-electron chi connectivity index (χ2n) is 2.33. The topological polar surface area (TPSA) is 38.4 Å². The Morgan fingerprint density at radius 1 is 1.54 bits per heavy atom. The van der Waals surface area contributed by atoms with Crippen LogP contribution < -0.4 is 5.73 Å². The van der Waals surface area contributed by atoms with Gasteiger partial charge in [0, 0.05) is 5.02 Å². The molecule has 0 atom stereocenters. The number of rotatable bonds is 2. The van der Waals surface area contributed by atoms with Crippen LogP contribution in [0.15, 0.2) is 23.2 Å². The number of nitrogens with zero attached hydrogens (tertiary/aromatic N) is 1. The van der Waals surface area contributed by atoms with E-state index >= 15 is 0 Å². The highest BCUT2D eigenvalue weighted by molar-refractivity contribution is 6.31. The molecule has 2 nitrogen and oxygen atoms in total. The molecule has 0 aliphatic rings. The molecule has 0 aliphatic carbocycles. The summed E-state index contributed by atoms with van der Waals surface area (Å²) in [5.74, 6) is -0.258. The molecule has 0 spiro atoms. The first kappa shape index (κ1) is 10.3. The van der Waals surface area contributed by atoms with Gasteiger partial charge in [-0.05, 0) is 18.2 Å². The fourth-order valence-corrected chi connectivity index (χ4v) is 0.982. The summed E-state index contributed by atoms with van der Waals surface area (Å²) >= 11 is 11.0. The summed E-state index contributed by atoms with van der Waals surface area (Å²) < 4.78 is 13.0. The third-order valence-corrected chi connectivity index (χ3v) is 1.82. The van der Waals surface area contributed by atoms with Gasteiger partial charge in [-0.15, -0.1) is 11.6 Å². The molecule has 2 N–H and O–H groups in total. The SMILES string of the molecule is NC(CCl)=Nc1cc(Cl)ccc1F. The van der Waals surface area contributed by atoms with E-state index in [1.807, 2.05) is 0 Å². The van der Waals surface area contributed by atoms with Crippen LogP contribution in [0.25, 0.3) is 0 Å². The van der Waals surface area contributed by atoms with Crippen molar-refractivity contribution in [2.45, 2.75) is 0 Å². The van der Waals surface area contributed by atoms with Gasteiger partial charge < -0.3 is 5.73 Å². The quantitative estimate of drug-likeness (QED) is 0.465. The first-order valence-electron chi connectivity index (χ1n) is 3.47. The Bertz CT molecular complexity index is 339. The Morgan fingerprint density at radius 3 is 2.85 bits per heavy atom. The van der Waals surface area contributed by atoms with Crippen LogP contribution in [-0.4, -0.2) is 11.7 Å². The van der Waals surface area contributed by atoms with Crippen LogP contribution in [0, 0.1) is 5.82 Å². The molecule has 1 aromatic carbocycles. The van der Waals surface area contributed by atoms with Crippen molar-refractivity contribution in [1.29, 1.82) is 0 Å². The molecule has 0 radical (unpaired) electrons.